The normalized spacial score (nSPS) is 12.0. The zero-order chi connectivity index (χ0) is 11.9. The summed E-state index contributed by atoms with van der Waals surface area (Å²) in [6.07, 6.45) is -4.43. The fourth-order valence-corrected chi connectivity index (χ4v) is 1.81. The van der Waals surface area contributed by atoms with Gasteiger partial charge in [-0.05, 0) is 11.5 Å². The van der Waals surface area contributed by atoms with E-state index >= 15 is 0 Å². The molecule has 0 saturated carbocycles. The summed E-state index contributed by atoms with van der Waals surface area (Å²) in [6, 6.07) is 6.91. The summed E-state index contributed by atoms with van der Waals surface area (Å²) < 4.78 is 38.2. The average molecular weight is 246 g/mol. The minimum atomic E-state index is -4.43. The molecule has 16 heavy (non-hydrogen) atoms. The molecule has 0 atom stereocenters. The highest BCUT2D eigenvalue weighted by molar-refractivity contribution is 6.34. The van der Waals surface area contributed by atoms with Gasteiger partial charge in [0.25, 0.3) is 0 Å². The van der Waals surface area contributed by atoms with Crippen molar-refractivity contribution in [3.05, 3.63) is 40.9 Å². The minimum Gasteiger partial charge on any atom is -0.397 e. The highest BCUT2D eigenvalue weighted by Gasteiger charge is 2.33. The third-order valence-corrected chi connectivity index (χ3v) is 2.65. The maximum absolute atomic E-state index is 12.7. The summed E-state index contributed by atoms with van der Waals surface area (Å²) in [4.78, 5) is 0. The average Bonchev–Trinajstić information content (AvgIpc) is 2.22. The lowest BCUT2D eigenvalue weighted by molar-refractivity contribution is -0.136. The van der Waals surface area contributed by atoms with E-state index in [4.69, 9.17) is 17.3 Å². The number of nitrogens with two attached hydrogens (primary N) is 1. The molecule has 0 radical (unpaired) electrons. The van der Waals surface area contributed by atoms with Crippen LogP contribution in [-0.4, -0.2) is 0 Å². The highest BCUT2D eigenvalue weighted by Crippen LogP contribution is 2.39. The molecule has 2 N–H and O–H groups in total. The van der Waals surface area contributed by atoms with Gasteiger partial charge in [-0.25, -0.2) is 0 Å². The van der Waals surface area contributed by atoms with Crippen molar-refractivity contribution in [1.82, 2.24) is 0 Å². The summed E-state index contributed by atoms with van der Waals surface area (Å²) in [5, 5.41) is 0.310. The third kappa shape index (κ3) is 1.69. The first-order valence-corrected chi connectivity index (χ1v) is 4.83. The molecule has 0 amide bonds. The Kier molecular flexibility index (Phi) is 2.46. The maximum Gasteiger partial charge on any atom is 0.417 e. The van der Waals surface area contributed by atoms with Crippen LogP contribution in [0.15, 0.2) is 30.3 Å². The van der Waals surface area contributed by atoms with Gasteiger partial charge in [0.1, 0.15) is 0 Å². The molecule has 0 aliphatic rings. The zero-order valence-corrected chi connectivity index (χ0v) is 8.73. The number of anilines is 1. The summed E-state index contributed by atoms with van der Waals surface area (Å²) in [7, 11) is 0. The lowest BCUT2D eigenvalue weighted by atomic mass is 10.0. The minimum absolute atomic E-state index is 0.0666. The van der Waals surface area contributed by atoms with Crippen LogP contribution in [0.25, 0.3) is 10.8 Å². The van der Waals surface area contributed by atoms with Gasteiger partial charge in [-0.15, -0.1) is 0 Å². The summed E-state index contributed by atoms with van der Waals surface area (Å²) >= 11 is 5.67. The number of alkyl halides is 3. The largest absolute Gasteiger partial charge is 0.417 e. The van der Waals surface area contributed by atoms with Gasteiger partial charge in [0.15, 0.2) is 0 Å². The molecular weight excluding hydrogens is 239 g/mol. The molecule has 0 saturated heterocycles. The SMILES string of the molecule is Nc1c(Cl)cc(C(F)(F)F)c2ccccc12. The Morgan fingerprint density at radius 1 is 1.06 bits per heavy atom. The second kappa shape index (κ2) is 3.56. The first kappa shape index (κ1) is 11.1. The van der Waals surface area contributed by atoms with Crippen LogP contribution < -0.4 is 5.73 Å². The molecule has 2 aromatic carbocycles. The van der Waals surface area contributed by atoms with Crippen LogP contribution in [0.5, 0.6) is 0 Å². The van der Waals surface area contributed by atoms with E-state index < -0.39 is 11.7 Å². The number of hydrogen-bond donors (Lipinski definition) is 1. The van der Waals surface area contributed by atoms with Crippen LogP contribution in [-0.2, 0) is 6.18 Å². The van der Waals surface area contributed by atoms with Crippen molar-refractivity contribution in [2.24, 2.45) is 0 Å². The van der Waals surface area contributed by atoms with Crippen molar-refractivity contribution in [2.45, 2.75) is 6.18 Å². The Bertz CT molecular complexity index is 549. The summed E-state index contributed by atoms with van der Waals surface area (Å²) in [5.74, 6) is 0. The van der Waals surface area contributed by atoms with Crippen LogP contribution in [0.2, 0.25) is 5.02 Å². The fraction of sp³-hybridized carbons (Fsp3) is 0.0909. The molecule has 0 bridgehead atoms. The van der Waals surface area contributed by atoms with Gasteiger partial charge in [-0.3, -0.25) is 0 Å². The van der Waals surface area contributed by atoms with Crippen molar-refractivity contribution in [2.75, 3.05) is 5.73 Å². The molecule has 2 aromatic rings. The van der Waals surface area contributed by atoms with E-state index in [1.807, 2.05) is 0 Å². The van der Waals surface area contributed by atoms with Gasteiger partial charge < -0.3 is 5.73 Å². The molecule has 0 aliphatic carbocycles. The predicted octanol–water partition coefficient (Wildman–Crippen LogP) is 4.09. The topological polar surface area (TPSA) is 26.0 Å². The van der Waals surface area contributed by atoms with Crippen molar-refractivity contribution in [1.29, 1.82) is 0 Å². The van der Waals surface area contributed by atoms with Crippen molar-refractivity contribution >= 4 is 28.1 Å². The number of rotatable bonds is 0. The molecule has 2 rings (SSSR count). The maximum atomic E-state index is 12.7. The van der Waals surface area contributed by atoms with E-state index in [2.05, 4.69) is 0 Å². The van der Waals surface area contributed by atoms with Crippen LogP contribution in [0.1, 0.15) is 5.56 Å². The Morgan fingerprint density at radius 2 is 1.62 bits per heavy atom. The number of benzene rings is 2. The molecule has 5 heteroatoms. The monoisotopic (exact) mass is 245 g/mol. The second-order valence-corrected chi connectivity index (χ2v) is 3.77. The van der Waals surface area contributed by atoms with Crippen molar-refractivity contribution < 1.29 is 13.2 Å². The third-order valence-electron chi connectivity index (χ3n) is 2.34. The van der Waals surface area contributed by atoms with E-state index in [0.29, 0.717) is 5.39 Å². The molecule has 0 spiro atoms. The van der Waals surface area contributed by atoms with Crippen molar-refractivity contribution in [3.8, 4) is 0 Å². The van der Waals surface area contributed by atoms with Gasteiger partial charge in [0.2, 0.25) is 0 Å². The van der Waals surface area contributed by atoms with E-state index in [1.165, 1.54) is 18.2 Å². The number of halogens is 4. The van der Waals surface area contributed by atoms with Crippen LogP contribution in [0, 0.1) is 0 Å². The quantitative estimate of drug-likeness (QED) is 0.695. The lowest BCUT2D eigenvalue weighted by Gasteiger charge is -2.13. The molecule has 0 aromatic heterocycles. The van der Waals surface area contributed by atoms with Gasteiger partial charge >= 0.3 is 6.18 Å². The first-order valence-electron chi connectivity index (χ1n) is 4.45. The van der Waals surface area contributed by atoms with E-state index in [0.717, 1.165) is 6.07 Å². The van der Waals surface area contributed by atoms with Crippen LogP contribution in [0.3, 0.4) is 0 Å². The predicted molar refractivity (Wildman–Crippen MR) is 58.4 cm³/mol. The smallest absolute Gasteiger partial charge is 0.397 e. The molecule has 1 nitrogen and oxygen atoms in total. The fourth-order valence-electron chi connectivity index (χ4n) is 1.60. The standard InChI is InChI=1S/C11H7ClF3N/c12-9-5-8(11(13,14)15)6-3-1-2-4-7(6)10(9)16/h1-5H,16H2. The molecule has 0 aliphatic heterocycles. The number of fused-ring (bicyclic) bond motifs is 1. The first-order chi connectivity index (χ1) is 7.41. The van der Waals surface area contributed by atoms with Crippen LogP contribution >= 0.6 is 11.6 Å². The second-order valence-electron chi connectivity index (χ2n) is 3.36. The summed E-state index contributed by atoms with van der Waals surface area (Å²) in [6.45, 7) is 0. The Labute approximate surface area is 94.6 Å². The highest BCUT2D eigenvalue weighted by atomic mass is 35.5. The van der Waals surface area contributed by atoms with Crippen molar-refractivity contribution in [3.63, 3.8) is 0 Å². The summed E-state index contributed by atoms with van der Waals surface area (Å²) in [5.41, 5.74) is 5.04. The van der Waals surface area contributed by atoms with Gasteiger partial charge in [-0.2, -0.15) is 13.2 Å². The van der Waals surface area contributed by atoms with E-state index in [9.17, 15) is 13.2 Å². The zero-order valence-electron chi connectivity index (χ0n) is 7.98. The molecule has 0 unspecified atom stereocenters. The lowest BCUT2D eigenvalue weighted by Crippen LogP contribution is -2.06. The van der Waals surface area contributed by atoms with E-state index in [1.54, 1.807) is 6.07 Å². The van der Waals surface area contributed by atoms with Gasteiger partial charge in [0.05, 0.1) is 16.3 Å². The molecular formula is C11H7ClF3N. The molecule has 84 valence electrons. The Hall–Kier alpha value is -1.42. The Balaban J connectivity index is 2.91. The number of hydrogen-bond acceptors (Lipinski definition) is 1. The van der Waals surface area contributed by atoms with Gasteiger partial charge in [-0.1, -0.05) is 35.9 Å². The van der Waals surface area contributed by atoms with E-state index in [-0.39, 0.29) is 16.1 Å². The number of nitrogen functional groups attached to an aromatic ring is 1. The van der Waals surface area contributed by atoms with Crippen LogP contribution in [0.4, 0.5) is 18.9 Å². The molecule has 0 heterocycles. The Morgan fingerprint density at radius 3 is 2.19 bits per heavy atom. The van der Waals surface area contributed by atoms with Gasteiger partial charge in [0, 0.05) is 5.39 Å². The molecule has 0 fully saturated rings.